The summed E-state index contributed by atoms with van der Waals surface area (Å²) in [5.41, 5.74) is 2.26. The Bertz CT molecular complexity index is 156. The van der Waals surface area contributed by atoms with E-state index in [2.05, 4.69) is 10.2 Å². The number of allylic oxidation sites excluding steroid dienone is 1. The normalized spacial score (nSPS) is 20.9. The highest BCUT2D eigenvalue weighted by Gasteiger charge is 2.11. The van der Waals surface area contributed by atoms with Gasteiger partial charge in [-0.2, -0.15) is 10.2 Å². The van der Waals surface area contributed by atoms with E-state index in [9.17, 15) is 0 Å². The van der Waals surface area contributed by atoms with Gasteiger partial charge in [-0.3, -0.25) is 0 Å². The number of rotatable bonds is 0. The van der Waals surface area contributed by atoms with E-state index in [1.54, 1.807) is 0 Å². The van der Waals surface area contributed by atoms with Crippen LogP contribution in [0.1, 0.15) is 20.8 Å². The quantitative estimate of drug-likeness (QED) is 0.456. The number of hydrogen-bond acceptors (Lipinski definition) is 2. The molecule has 8 heavy (non-hydrogen) atoms. The summed E-state index contributed by atoms with van der Waals surface area (Å²) in [5.74, 6) is 0. The molecule has 43 valence electrons. The molecular formula is C6H9N2. The first-order chi connectivity index (χ1) is 3.72. The van der Waals surface area contributed by atoms with Crippen LogP contribution in [0.2, 0.25) is 0 Å². The lowest BCUT2D eigenvalue weighted by Crippen LogP contribution is -1.82. The first-order valence-corrected chi connectivity index (χ1v) is 2.65. The highest BCUT2D eigenvalue weighted by atomic mass is 15.2. The van der Waals surface area contributed by atoms with Crippen LogP contribution in [0.5, 0.6) is 0 Å². The molecule has 1 aliphatic heterocycles. The number of azo groups is 1. The fraction of sp³-hybridized carbons (Fsp3) is 0.500. The maximum Gasteiger partial charge on any atom is 0.132 e. The molecule has 2 nitrogen and oxygen atoms in total. The number of hydrogen-bond donors (Lipinski definition) is 0. The molecule has 0 aromatic heterocycles. The topological polar surface area (TPSA) is 24.7 Å². The van der Waals surface area contributed by atoms with Crippen molar-refractivity contribution in [2.45, 2.75) is 20.8 Å². The third kappa shape index (κ3) is 0.661. The minimum absolute atomic E-state index is 1.04. The molecule has 1 aliphatic rings. The first-order valence-electron chi connectivity index (χ1n) is 2.65. The molecule has 0 bridgehead atoms. The van der Waals surface area contributed by atoms with Crippen molar-refractivity contribution in [3.8, 4) is 0 Å². The molecular weight excluding hydrogens is 100 g/mol. The van der Waals surface area contributed by atoms with Gasteiger partial charge in [0.25, 0.3) is 0 Å². The Morgan fingerprint density at radius 1 is 1.00 bits per heavy atom. The van der Waals surface area contributed by atoms with Gasteiger partial charge in [-0.15, -0.1) is 0 Å². The van der Waals surface area contributed by atoms with E-state index in [0.29, 0.717) is 0 Å². The Balaban J connectivity index is 2.85. The second-order valence-corrected chi connectivity index (χ2v) is 2.00. The van der Waals surface area contributed by atoms with Gasteiger partial charge in [-0.25, -0.2) is 0 Å². The van der Waals surface area contributed by atoms with Crippen LogP contribution >= 0.6 is 0 Å². The van der Waals surface area contributed by atoms with Crippen LogP contribution in [0.4, 0.5) is 0 Å². The van der Waals surface area contributed by atoms with E-state index in [4.69, 9.17) is 0 Å². The Labute approximate surface area is 49.3 Å². The van der Waals surface area contributed by atoms with Crippen molar-refractivity contribution in [2.24, 2.45) is 10.2 Å². The Morgan fingerprint density at radius 3 is 1.75 bits per heavy atom. The summed E-state index contributed by atoms with van der Waals surface area (Å²) in [7, 11) is 0. The molecule has 0 aromatic carbocycles. The van der Waals surface area contributed by atoms with Gasteiger partial charge in [0.15, 0.2) is 0 Å². The zero-order valence-electron chi connectivity index (χ0n) is 5.39. The van der Waals surface area contributed by atoms with Crippen molar-refractivity contribution in [3.05, 3.63) is 17.3 Å². The minimum Gasteiger partial charge on any atom is -0.175 e. The SMILES string of the molecule is C[C]1N=NC(C)=C1C. The van der Waals surface area contributed by atoms with Gasteiger partial charge in [-0.1, -0.05) is 0 Å². The lowest BCUT2D eigenvalue weighted by atomic mass is 10.1. The lowest BCUT2D eigenvalue weighted by molar-refractivity contribution is 1.03. The van der Waals surface area contributed by atoms with E-state index in [1.807, 2.05) is 20.8 Å². The van der Waals surface area contributed by atoms with Crippen LogP contribution in [-0.4, -0.2) is 0 Å². The Hall–Kier alpha value is -0.660. The third-order valence-corrected chi connectivity index (χ3v) is 1.44. The van der Waals surface area contributed by atoms with Crippen molar-refractivity contribution in [1.82, 2.24) is 0 Å². The van der Waals surface area contributed by atoms with Gasteiger partial charge >= 0.3 is 0 Å². The Morgan fingerprint density at radius 2 is 1.62 bits per heavy atom. The van der Waals surface area contributed by atoms with Crippen molar-refractivity contribution < 1.29 is 0 Å². The largest absolute Gasteiger partial charge is 0.175 e. The Kier molecular flexibility index (Phi) is 1.16. The molecule has 0 N–H and O–H groups in total. The van der Waals surface area contributed by atoms with Crippen molar-refractivity contribution >= 4 is 0 Å². The highest BCUT2D eigenvalue weighted by Crippen LogP contribution is 2.25. The predicted octanol–water partition coefficient (Wildman–Crippen LogP) is 2.30. The number of nitrogens with zero attached hydrogens (tertiary/aromatic N) is 2. The predicted molar refractivity (Wildman–Crippen MR) is 32.1 cm³/mol. The maximum absolute atomic E-state index is 3.87. The van der Waals surface area contributed by atoms with Crippen LogP contribution < -0.4 is 0 Å². The first kappa shape index (κ1) is 5.48. The van der Waals surface area contributed by atoms with Crippen molar-refractivity contribution in [2.75, 3.05) is 0 Å². The molecule has 0 spiro atoms. The second kappa shape index (κ2) is 1.69. The van der Waals surface area contributed by atoms with E-state index in [1.165, 1.54) is 5.57 Å². The zero-order valence-corrected chi connectivity index (χ0v) is 5.39. The van der Waals surface area contributed by atoms with Crippen LogP contribution in [-0.2, 0) is 0 Å². The maximum atomic E-state index is 3.87. The van der Waals surface area contributed by atoms with Crippen LogP contribution in [0.3, 0.4) is 0 Å². The van der Waals surface area contributed by atoms with Gasteiger partial charge < -0.3 is 0 Å². The van der Waals surface area contributed by atoms with E-state index < -0.39 is 0 Å². The van der Waals surface area contributed by atoms with E-state index >= 15 is 0 Å². The van der Waals surface area contributed by atoms with Crippen molar-refractivity contribution in [3.63, 3.8) is 0 Å². The molecule has 0 aliphatic carbocycles. The molecule has 1 radical (unpaired) electrons. The summed E-state index contributed by atoms with van der Waals surface area (Å²) in [5, 5.41) is 7.73. The van der Waals surface area contributed by atoms with Gasteiger partial charge in [-0.05, 0) is 26.3 Å². The summed E-state index contributed by atoms with van der Waals surface area (Å²) < 4.78 is 0. The molecule has 0 unspecified atom stereocenters. The van der Waals surface area contributed by atoms with Gasteiger partial charge in [0.05, 0.1) is 5.70 Å². The summed E-state index contributed by atoms with van der Waals surface area (Å²) in [6.07, 6.45) is 0. The van der Waals surface area contributed by atoms with Crippen LogP contribution in [0, 0.1) is 6.04 Å². The molecule has 0 saturated carbocycles. The summed E-state index contributed by atoms with van der Waals surface area (Å²) in [6.45, 7) is 5.97. The fourth-order valence-electron chi connectivity index (χ4n) is 0.562. The molecule has 0 saturated heterocycles. The standard InChI is InChI=1S/C6H9N2/c1-4-5(2)7-8-6(4)3/h1-3H3. The van der Waals surface area contributed by atoms with E-state index in [0.717, 1.165) is 11.7 Å². The van der Waals surface area contributed by atoms with Gasteiger partial charge in [0, 0.05) is 0 Å². The highest BCUT2D eigenvalue weighted by molar-refractivity contribution is 5.27. The molecule has 1 rings (SSSR count). The van der Waals surface area contributed by atoms with Crippen molar-refractivity contribution in [1.29, 1.82) is 0 Å². The smallest absolute Gasteiger partial charge is 0.132 e. The van der Waals surface area contributed by atoms with E-state index in [-0.39, 0.29) is 0 Å². The fourth-order valence-corrected chi connectivity index (χ4v) is 0.562. The minimum atomic E-state index is 1.04. The lowest BCUT2D eigenvalue weighted by Gasteiger charge is -1.93. The summed E-state index contributed by atoms with van der Waals surface area (Å²) >= 11 is 0. The monoisotopic (exact) mass is 109 g/mol. The summed E-state index contributed by atoms with van der Waals surface area (Å²) in [6, 6.07) is 1.04. The average molecular weight is 109 g/mol. The van der Waals surface area contributed by atoms with Crippen LogP contribution in [0.15, 0.2) is 21.5 Å². The van der Waals surface area contributed by atoms with Gasteiger partial charge in [0.1, 0.15) is 6.04 Å². The van der Waals surface area contributed by atoms with Crippen LogP contribution in [0.25, 0.3) is 0 Å². The van der Waals surface area contributed by atoms with Gasteiger partial charge in [0.2, 0.25) is 0 Å². The zero-order chi connectivity index (χ0) is 6.15. The third-order valence-electron chi connectivity index (χ3n) is 1.44. The molecule has 0 amide bonds. The average Bonchev–Trinajstić information content (AvgIpc) is 1.98. The molecule has 0 aromatic rings. The second-order valence-electron chi connectivity index (χ2n) is 2.00. The molecule has 1 heterocycles. The molecule has 0 fully saturated rings. The summed E-state index contributed by atoms with van der Waals surface area (Å²) in [4.78, 5) is 0. The molecule has 2 heteroatoms. The molecule has 0 atom stereocenters.